The molecule has 0 aromatic heterocycles. The van der Waals surface area contributed by atoms with Gasteiger partial charge in [-0.2, -0.15) is 0 Å². The van der Waals surface area contributed by atoms with Gasteiger partial charge in [-0.15, -0.1) is 24.9 Å². The largest absolute Gasteiger partial charge is 0.573 e. The van der Waals surface area contributed by atoms with Gasteiger partial charge in [0.1, 0.15) is 17.6 Å². The molecular formula is C12H8F3NO3S. The Morgan fingerprint density at radius 2 is 2.15 bits per heavy atom. The molecule has 4 nitrogen and oxygen atoms in total. The van der Waals surface area contributed by atoms with E-state index in [1.807, 2.05) is 0 Å². The van der Waals surface area contributed by atoms with Crippen molar-refractivity contribution in [3.63, 3.8) is 0 Å². The molecule has 1 saturated heterocycles. The summed E-state index contributed by atoms with van der Waals surface area (Å²) in [6, 6.07) is 3.88. The zero-order chi connectivity index (χ0) is 14.3. The summed E-state index contributed by atoms with van der Waals surface area (Å²) in [6.45, 7) is 0.272. The highest BCUT2D eigenvalue weighted by molar-refractivity contribution is 8.01. The van der Waals surface area contributed by atoms with E-state index in [0.29, 0.717) is 16.3 Å². The molecule has 0 amide bonds. The Morgan fingerprint density at radius 3 is 2.90 bits per heavy atom. The van der Waals surface area contributed by atoms with E-state index in [0.717, 1.165) is 0 Å². The normalized spacial score (nSPS) is 21.9. The van der Waals surface area contributed by atoms with Gasteiger partial charge in [-0.05, 0) is 18.2 Å². The summed E-state index contributed by atoms with van der Waals surface area (Å²) >= 11 is 1.18. The fraction of sp³-hybridized carbons (Fsp3) is 0.333. The molecule has 0 aliphatic carbocycles. The van der Waals surface area contributed by atoms with Gasteiger partial charge >= 0.3 is 6.36 Å². The highest BCUT2D eigenvalue weighted by atomic mass is 32.2. The van der Waals surface area contributed by atoms with Crippen molar-refractivity contribution >= 4 is 28.9 Å². The molecule has 1 fully saturated rings. The van der Waals surface area contributed by atoms with Crippen LogP contribution in [0.25, 0.3) is 0 Å². The van der Waals surface area contributed by atoms with Crippen LogP contribution in [0.4, 0.5) is 18.9 Å². The number of Topliss-reactive ketones (excluding diaryl/α,β-unsaturated/α-hetero) is 1. The monoisotopic (exact) mass is 303 g/mol. The molecule has 106 valence electrons. The SMILES string of the molecule is O=C1COCC2=Nc3ccc(OC(F)(F)F)cc3SC12. The van der Waals surface area contributed by atoms with Gasteiger partial charge in [0.05, 0.1) is 18.0 Å². The highest BCUT2D eigenvalue weighted by Crippen LogP contribution is 2.41. The number of thioether (sulfide) groups is 1. The molecule has 20 heavy (non-hydrogen) atoms. The number of nitrogens with zero attached hydrogens (tertiary/aromatic N) is 1. The summed E-state index contributed by atoms with van der Waals surface area (Å²) < 4.78 is 45.5. The van der Waals surface area contributed by atoms with E-state index >= 15 is 0 Å². The van der Waals surface area contributed by atoms with Crippen LogP contribution >= 0.6 is 11.8 Å². The Kier molecular flexibility index (Phi) is 3.21. The third-order valence-corrected chi connectivity index (χ3v) is 4.11. The Morgan fingerprint density at radius 1 is 1.35 bits per heavy atom. The van der Waals surface area contributed by atoms with E-state index in [2.05, 4.69) is 9.73 Å². The standard InChI is InChI=1S/C12H8F3NO3S/c13-12(14,15)19-6-1-2-7-10(3-6)20-11-8(16-7)4-18-5-9(11)17/h1-3,11H,4-5H2. The molecule has 3 rings (SSSR count). The lowest BCUT2D eigenvalue weighted by Gasteiger charge is -2.27. The van der Waals surface area contributed by atoms with Gasteiger partial charge in [-0.25, -0.2) is 0 Å². The summed E-state index contributed by atoms with van der Waals surface area (Å²) in [5, 5.41) is -0.475. The predicted octanol–water partition coefficient (Wildman–Crippen LogP) is 2.73. The predicted molar refractivity (Wildman–Crippen MR) is 65.7 cm³/mol. The lowest BCUT2D eigenvalue weighted by Crippen LogP contribution is -2.39. The van der Waals surface area contributed by atoms with Crippen molar-refractivity contribution in [1.29, 1.82) is 0 Å². The van der Waals surface area contributed by atoms with Gasteiger partial charge in [0.15, 0.2) is 5.78 Å². The van der Waals surface area contributed by atoms with Crippen LogP contribution in [0.3, 0.4) is 0 Å². The number of fused-ring (bicyclic) bond motifs is 2. The molecule has 0 radical (unpaired) electrons. The third kappa shape index (κ3) is 2.66. The number of hydrogen-bond donors (Lipinski definition) is 0. The highest BCUT2D eigenvalue weighted by Gasteiger charge is 2.35. The van der Waals surface area contributed by atoms with Crippen LogP contribution < -0.4 is 4.74 Å². The smallest absolute Gasteiger partial charge is 0.406 e. The Bertz CT molecular complexity index is 600. The van der Waals surface area contributed by atoms with Crippen molar-refractivity contribution < 1.29 is 27.4 Å². The van der Waals surface area contributed by atoms with Crippen LogP contribution in [0.5, 0.6) is 5.75 Å². The Hall–Kier alpha value is -1.54. The average molecular weight is 303 g/mol. The fourth-order valence-corrected chi connectivity index (χ4v) is 3.11. The topological polar surface area (TPSA) is 47.9 Å². The zero-order valence-electron chi connectivity index (χ0n) is 9.94. The molecule has 0 saturated carbocycles. The number of carbonyl (C=O) groups excluding carboxylic acids is 1. The minimum absolute atomic E-state index is 0.00472. The van der Waals surface area contributed by atoms with E-state index in [9.17, 15) is 18.0 Å². The van der Waals surface area contributed by atoms with Gasteiger partial charge in [-0.3, -0.25) is 9.79 Å². The first-order valence-electron chi connectivity index (χ1n) is 5.67. The van der Waals surface area contributed by atoms with Crippen LogP contribution in [0.15, 0.2) is 28.1 Å². The number of ketones is 1. The molecular weight excluding hydrogens is 295 g/mol. The number of benzene rings is 1. The van der Waals surface area contributed by atoms with Crippen molar-refractivity contribution in [3.8, 4) is 5.75 Å². The fourth-order valence-electron chi connectivity index (χ4n) is 1.98. The molecule has 0 bridgehead atoms. The molecule has 1 atom stereocenters. The maximum absolute atomic E-state index is 12.2. The zero-order valence-corrected chi connectivity index (χ0v) is 10.8. The van der Waals surface area contributed by atoms with E-state index in [-0.39, 0.29) is 24.7 Å². The maximum atomic E-state index is 12.2. The Labute approximate surface area is 116 Å². The summed E-state index contributed by atoms with van der Waals surface area (Å²) in [6.07, 6.45) is -4.74. The average Bonchev–Trinajstić information content (AvgIpc) is 2.35. The van der Waals surface area contributed by atoms with Gasteiger partial charge in [0.2, 0.25) is 0 Å². The molecule has 0 spiro atoms. The second-order valence-corrected chi connectivity index (χ2v) is 5.38. The quantitative estimate of drug-likeness (QED) is 0.800. The summed E-state index contributed by atoms with van der Waals surface area (Å²) in [4.78, 5) is 16.5. The lowest BCUT2D eigenvalue weighted by molar-refractivity contribution is -0.274. The van der Waals surface area contributed by atoms with Crippen molar-refractivity contribution in [3.05, 3.63) is 18.2 Å². The van der Waals surface area contributed by atoms with Crippen LogP contribution in [0.2, 0.25) is 0 Å². The van der Waals surface area contributed by atoms with Crippen molar-refractivity contribution in [2.75, 3.05) is 13.2 Å². The van der Waals surface area contributed by atoms with Crippen LogP contribution in [0.1, 0.15) is 0 Å². The summed E-state index contributed by atoms with van der Waals surface area (Å²) in [5.41, 5.74) is 1.12. The van der Waals surface area contributed by atoms with E-state index in [1.54, 1.807) is 0 Å². The van der Waals surface area contributed by atoms with Gasteiger partial charge in [0, 0.05) is 4.90 Å². The van der Waals surface area contributed by atoms with Crippen molar-refractivity contribution in [2.45, 2.75) is 16.5 Å². The van der Waals surface area contributed by atoms with Crippen LogP contribution in [-0.4, -0.2) is 36.3 Å². The maximum Gasteiger partial charge on any atom is 0.573 e. The molecule has 2 aliphatic rings. The molecule has 1 aromatic carbocycles. The number of halogens is 3. The van der Waals surface area contributed by atoms with Crippen LogP contribution in [-0.2, 0) is 9.53 Å². The molecule has 8 heteroatoms. The van der Waals surface area contributed by atoms with Crippen LogP contribution in [0, 0.1) is 0 Å². The minimum atomic E-state index is -4.74. The van der Waals surface area contributed by atoms with Gasteiger partial charge in [-0.1, -0.05) is 0 Å². The minimum Gasteiger partial charge on any atom is -0.406 e. The first-order valence-corrected chi connectivity index (χ1v) is 6.55. The van der Waals surface area contributed by atoms with Crippen molar-refractivity contribution in [2.24, 2.45) is 4.99 Å². The number of alkyl halides is 3. The second kappa shape index (κ2) is 4.78. The molecule has 2 aliphatic heterocycles. The number of rotatable bonds is 1. The van der Waals surface area contributed by atoms with Crippen molar-refractivity contribution in [1.82, 2.24) is 0 Å². The number of hydrogen-bond acceptors (Lipinski definition) is 5. The Balaban J connectivity index is 1.92. The van der Waals surface area contributed by atoms with E-state index in [4.69, 9.17) is 4.74 Å². The molecule has 2 heterocycles. The second-order valence-electron chi connectivity index (χ2n) is 4.24. The molecule has 1 aromatic rings. The summed E-state index contributed by atoms with van der Waals surface area (Å²) in [5.74, 6) is -0.449. The lowest BCUT2D eigenvalue weighted by atomic mass is 10.1. The number of carbonyl (C=O) groups is 1. The molecule has 1 unspecified atom stereocenters. The van der Waals surface area contributed by atoms with E-state index in [1.165, 1.54) is 30.0 Å². The third-order valence-electron chi connectivity index (χ3n) is 2.76. The van der Waals surface area contributed by atoms with Gasteiger partial charge in [0.25, 0.3) is 0 Å². The van der Waals surface area contributed by atoms with Gasteiger partial charge < -0.3 is 9.47 Å². The van der Waals surface area contributed by atoms with E-state index < -0.39 is 11.6 Å². The summed E-state index contributed by atoms with van der Waals surface area (Å²) in [7, 11) is 0. The number of aliphatic imine (C=N–C) groups is 1. The first-order chi connectivity index (χ1) is 9.42. The first kappa shape index (κ1) is 13.4. The number of ether oxygens (including phenoxy) is 2. The molecule has 0 N–H and O–H groups in total.